The predicted octanol–water partition coefficient (Wildman–Crippen LogP) is -6.05. The Kier molecular flexibility index (Phi) is 17.8. The Bertz CT molecular complexity index is 2730. The van der Waals surface area contributed by atoms with Gasteiger partial charge in [0.15, 0.2) is 25.4 Å². The molecule has 0 radical (unpaired) electrons. The van der Waals surface area contributed by atoms with E-state index in [9.17, 15) is 60.9 Å². The van der Waals surface area contributed by atoms with E-state index in [4.69, 9.17) is 5.73 Å². The molecule has 0 aromatic heterocycles. The number of phenols is 1. The first kappa shape index (κ1) is 50.3. The van der Waals surface area contributed by atoms with Gasteiger partial charge in [0.2, 0.25) is 10.4 Å². The molecule has 0 aliphatic rings. The molecule has 0 atom stereocenters. The zero-order valence-corrected chi connectivity index (χ0v) is 38.1. The number of rotatable bonds is 13. The molecule has 0 unspecified atom stereocenters. The van der Waals surface area contributed by atoms with E-state index >= 15 is 0 Å². The van der Waals surface area contributed by atoms with Gasteiger partial charge in [-0.15, -0.1) is 15.3 Å². The zero-order valence-electron chi connectivity index (χ0n) is 28.0. The van der Waals surface area contributed by atoms with Crippen molar-refractivity contribution in [3.05, 3.63) is 72.7 Å². The molecule has 0 fully saturated rings. The molecule has 54 heavy (non-hydrogen) atoms. The fourth-order valence-electron chi connectivity index (χ4n) is 4.19. The molecule has 0 heterocycles. The molecule has 0 bridgehead atoms. The minimum Gasteiger partial charge on any atom is -0.744 e. The smallest absolute Gasteiger partial charge is 0.744 e. The minimum absolute atomic E-state index is 0. The van der Waals surface area contributed by atoms with Gasteiger partial charge in [-0.05, 0) is 54.6 Å². The maximum atomic E-state index is 12.6. The van der Waals surface area contributed by atoms with E-state index < -0.39 is 100 Å². The fourth-order valence-corrected chi connectivity index (χ4v) is 7.79. The number of hydrogen-bond acceptors (Lipinski definition) is 20. The minimum atomic E-state index is -5.49. The Labute approximate surface area is 375 Å². The predicted molar refractivity (Wildman–Crippen MR) is 172 cm³/mol. The number of nitrogens with two attached hydrogens (primary N) is 1. The largest absolute Gasteiger partial charge is 1.00 e. The van der Waals surface area contributed by atoms with Crippen LogP contribution in [0.3, 0.4) is 0 Å². The van der Waals surface area contributed by atoms with Gasteiger partial charge in [-0.2, -0.15) is 5.11 Å². The normalized spacial score (nSPS) is 12.6. The van der Waals surface area contributed by atoms with E-state index in [1.165, 1.54) is 18.2 Å². The summed E-state index contributed by atoms with van der Waals surface area (Å²) < 4.78 is 158. The number of aromatic hydroxyl groups is 1. The van der Waals surface area contributed by atoms with Crippen LogP contribution in [0.25, 0.3) is 10.8 Å². The van der Waals surface area contributed by atoms with Crippen molar-refractivity contribution < 1.29 is 154 Å². The molecule has 0 saturated heterocycles. The van der Waals surface area contributed by atoms with Gasteiger partial charge in [-0.25, -0.2) is 42.1 Å². The van der Waals surface area contributed by atoms with Gasteiger partial charge < -0.3 is 24.5 Å². The summed E-state index contributed by atoms with van der Waals surface area (Å²) >= 11 is 0. The summed E-state index contributed by atoms with van der Waals surface area (Å²) in [5.74, 6) is -2.07. The second-order valence-corrected chi connectivity index (χ2v) is 17.7. The molecule has 0 aliphatic heterocycles. The van der Waals surface area contributed by atoms with Crippen molar-refractivity contribution in [3.63, 3.8) is 0 Å². The molecule has 20 nitrogen and oxygen atoms in total. The average molecular weight is 872 g/mol. The van der Waals surface area contributed by atoms with Crippen LogP contribution < -0.4 is 94.4 Å². The van der Waals surface area contributed by atoms with Gasteiger partial charge in [-0.3, -0.25) is 4.18 Å². The van der Waals surface area contributed by atoms with Crippen molar-refractivity contribution in [3.8, 4) is 5.75 Å². The maximum Gasteiger partial charge on any atom is 1.00 e. The van der Waals surface area contributed by atoms with Crippen molar-refractivity contribution in [2.24, 2.45) is 20.5 Å². The Balaban J connectivity index is 0.00000486. The summed E-state index contributed by atoms with van der Waals surface area (Å²) in [6, 6.07) is 9.59. The molecule has 0 amide bonds. The standard InChI is InChI=1S/C26H23N5O15S5.3Na/c1-2-47(33,34)17-5-3-4-16(12-17)28-31-25-24(50(40,41)42)14-19-20(26(25)32)10-15(27)11-22(19)30-29-21-7-6-18(13-23(21)49(37,38)39)48(35,36)9-8-46-51(43,44)45;;;/h2-7,10-14,32H,1,8-9,27H2,(H,37,38,39)(H,40,41,42)(H,43,44,45);;;/q;3*+1/p-3. The molecule has 4 aromatic carbocycles. The number of nitrogens with zero attached hydrogens (tertiary/aromatic N) is 4. The summed E-state index contributed by atoms with van der Waals surface area (Å²) in [6.07, 6.45) is 0. The van der Waals surface area contributed by atoms with E-state index in [0.717, 1.165) is 30.3 Å². The Morgan fingerprint density at radius 1 is 0.704 bits per heavy atom. The van der Waals surface area contributed by atoms with Gasteiger partial charge in [0.05, 0.1) is 43.3 Å². The molecule has 0 aliphatic carbocycles. The molecule has 3 N–H and O–H groups in total. The zero-order chi connectivity index (χ0) is 38.2. The van der Waals surface area contributed by atoms with Gasteiger partial charge in [0, 0.05) is 21.9 Å². The Hall–Kier alpha value is -1.73. The SMILES string of the molecule is C=CS(=O)(=O)c1cccc(N=Nc2c(S(=O)(=O)[O-])cc3c(N=Nc4ccc(S(=O)(=O)CCOS(=O)(=O)[O-])cc4S(=O)(=O)[O-])cc(N)cc3c2O)c1.[Na+].[Na+].[Na+]. The third kappa shape index (κ3) is 12.6. The van der Waals surface area contributed by atoms with Gasteiger partial charge in [0.1, 0.15) is 31.6 Å². The topological polar surface area (TPSA) is 345 Å². The summed E-state index contributed by atoms with van der Waals surface area (Å²) in [7, 11) is -24.6. The molecule has 28 heteroatoms. The Morgan fingerprint density at radius 2 is 1.31 bits per heavy atom. The van der Waals surface area contributed by atoms with Crippen molar-refractivity contribution in [1.29, 1.82) is 0 Å². The quantitative estimate of drug-likeness (QED) is 0.0415. The van der Waals surface area contributed by atoms with E-state index in [-0.39, 0.29) is 116 Å². The number of fused-ring (bicyclic) bond motifs is 1. The van der Waals surface area contributed by atoms with Crippen LogP contribution in [0.2, 0.25) is 0 Å². The summed E-state index contributed by atoms with van der Waals surface area (Å²) in [5, 5.41) is 26.0. The molecular formula is C26H20N5Na3O15S5. The third-order valence-electron chi connectivity index (χ3n) is 6.47. The van der Waals surface area contributed by atoms with Gasteiger partial charge in [-0.1, -0.05) is 12.6 Å². The summed E-state index contributed by atoms with van der Waals surface area (Å²) in [6.45, 7) is 2.08. The van der Waals surface area contributed by atoms with Crippen molar-refractivity contribution in [2.75, 3.05) is 18.1 Å². The number of azo groups is 2. The van der Waals surface area contributed by atoms with Crippen LogP contribution >= 0.6 is 0 Å². The van der Waals surface area contributed by atoms with Crippen LogP contribution in [0, 0.1) is 0 Å². The number of nitrogen functional groups attached to an aromatic ring is 1. The van der Waals surface area contributed by atoms with Gasteiger partial charge >= 0.3 is 88.7 Å². The molecule has 272 valence electrons. The average Bonchev–Trinajstić information content (AvgIpc) is 3.01. The van der Waals surface area contributed by atoms with Crippen LogP contribution in [0.4, 0.5) is 28.4 Å². The molecular weight excluding hydrogens is 852 g/mol. The van der Waals surface area contributed by atoms with Crippen molar-refractivity contribution >= 4 is 89.5 Å². The number of phenolic OH excluding ortho intramolecular Hbond substituents is 1. The van der Waals surface area contributed by atoms with E-state index in [1.807, 2.05) is 0 Å². The fraction of sp³-hybridized carbons (Fsp3) is 0.0769. The van der Waals surface area contributed by atoms with Crippen LogP contribution in [-0.2, 0) is 54.5 Å². The summed E-state index contributed by atoms with van der Waals surface area (Å²) in [4.78, 5) is -3.42. The molecule has 4 aromatic rings. The first-order valence-corrected chi connectivity index (χ1v) is 20.6. The molecule has 4 rings (SSSR count). The van der Waals surface area contributed by atoms with E-state index in [0.29, 0.717) is 17.5 Å². The first-order chi connectivity index (χ1) is 23.4. The van der Waals surface area contributed by atoms with Gasteiger partial charge in [0.25, 0.3) is 0 Å². The van der Waals surface area contributed by atoms with Crippen LogP contribution in [-0.4, -0.2) is 73.2 Å². The van der Waals surface area contributed by atoms with E-state index in [1.54, 1.807) is 0 Å². The third-order valence-corrected chi connectivity index (χ3v) is 11.7. The number of sulfone groups is 2. The van der Waals surface area contributed by atoms with E-state index in [2.05, 4.69) is 31.2 Å². The maximum absolute atomic E-state index is 12.6. The number of benzene rings is 4. The second kappa shape index (κ2) is 19.1. The number of hydrogen-bond donors (Lipinski definition) is 2. The number of anilines is 1. The summed E-state index contributed by atoms with van der Waals surface area (Å²) in [5.41, 5.74) is 3.59. The van der Waals surface area contributed by atoms with Crippen LogP contribution in [0.1, 0.15) is 0 Å². The van der Waals surface area contributed by atoms with Crippen LogP contribution in [0.15, 0.2) is 113 Å². The first-order valence-electron chi connectivity index (χ1n) is 13.2. The van der Waals surface area contributed by atoms with Crippen molar-refractivity contribution in [1.82, 2.24) is 0 Å². The monoisotopic (exact) mass is 871 g/mol. The molecule has 0 spiro atoms. The van der Waals surface area contributed by atoms with Crippen molar-refractivity contribution in [2.45, 2.75) is 19.6 Å². The second-order valence-electron chi connectivity index (χ2n) is 9.90. The van der Waals surface area contributed by atoms with Crippen LogP contribution in [0.5, 0.6) is 5.75 Å². The molecule has 0 saturated carbocycles. The Morgan fingerprint density at radius 3 is 1.89 bits per heavy atom.